The second kappa shape index (κ2) is 3.95. The Labute approximate surface area is 111 Å². The van der Waals surface area contributed by atoms with Gasteiger partial charge in [-0.05, 0) is 42.6 Å². The number of benzene rings is 1. The molecule has 4 heteroatoms. The minimum absolute atomic E-state index is 0.0751. The number of nitrogens with zero attached hydrogens (tertiary/aromatic N) is 3. The van der Waals surface area contributed by atoms with Crippen molar-refractivity contribution in [3.05, 3.63) is 52.9 Å². The largest absolute Gasteiger partial charge is 0.343 e. The van der Waals surface area contributed by atoms with E-state index < -0.39 is 0 Å². The summed E-state index contributed by atoms with van der Waals surface area (Å²) in [6.45, 7) is 5.26. The molecular weight excluding hydrogens is 246 g/mol. The molecule has 0 unspecified atom stereocenters. The molecule has 2 aromatic rings. The summed E-state index contributed by atoms with van der Waals surface area (Å²) in [5.74, 6) is 0.871. The molecule has 0 N–H and O–H groups in total. The van der Waals surface area contributed by atoms with E-state index in [1.807, 2.05) is 6.07 Å². The number of rotatable bonds is 1. The fraction of sp³-hybridized carbons (Fsp3) is 0.286. The molecule has 3 nitrogen and oxygen atoms in total. The van der Waals surface area contributed by atoms with Crippen LogP contribution in [-0.2, 0) is 12.1 Å². The maximum Gasteiger partial charge on any atom is 0.224 e. The van der Waals surface area contributed by atoms with Crippen molar-refractivity contribution >= 4 is 17.4 Å². The molecule has 18 heavy (non-hydrogen) atoms. The molecule has 0 aliphatic carbocycles. The molecule has 0 radical (unpaired) electrons. The summed E-state index contributed by atoms with van der Waals surface area (Å²) in [5.41, 5.74) is 2.62. The van der Waals surface area contributed by atoms with Gasteiger partial charge in [-0.15, -0.1) is 0 Å². The molecule has 0 fully saturated rings. The molecule has 0 atom stereocenters. The first kappa shape index (κ1) is 11.5. The van der Waals surface area contributed by atoms with Crippen LogP contribution in [0, 0.1) is 0 Å². The molecule has 0 bridgehead atoms. The summed E-state index contributed by atoms with van der Waals surface area (Å²) in [5, 5.41) is 0.291. The van der Waals surface area contributed by atoms with Crippen LogP contribution in [0.1, 0.15) is 25.0 Å². The van der Waals surface area contributed by atoms with Crippen LogP contribution in [0.2, 0.25) is 5.28 Å². The molecule has 1 aromatic heterocycles. The third-order valence-corrected chi connectivity index (χ3v) is 3.75. The summed E-state index contributed by atoms with van der Waals surface area (Å²) in [6.07, 6.45) is 1.70. The lowest BCUT2D eigenvalue weighted by atomic mass is 9.94. The Morgan fingerprint density at radius 3 is 2.72 bits per heavy atom. The Kier molecular flexibility index (Phi) is 2.52. The summed E-state index contributed by atoms with van der Waals surface area (Å²) in [4.78, 5) is 10.5. The number of aromatic nitrogens is 2. The number of hydrogen-bond acceptors (Lipinski definition) is 3. The highest BCUT2D eigenvalue weighted by Crippen LogP contribution is 2.40. The van der Waals surface area contributed by atoms with Gasteiger partial charge in [-0.3, -0.25) is 0 Å². The highest BCUT2D eigenvalue weighted by molar-refractivity contribution is 6.28. The van der Waals surface area contributed by atoms with Crippen LogP contribution in [0.4, 0.5) is 5.82 Å². The molecular formula is C14H14ClN3. The quantitative estimate of drug-likeness (QED) is 0.735. The van der Waals surface area contributed by atoms with Crippen molar-refractivity contribution < 1.29 is 0 Å². The molecule has 0 saturated carbocycles. The molecule has 1 aliphatic heterocycles. The lowest BCUT2D eigenvalue weighted by molar-refractivity contribution is 0.514. The average molecular weight is 260 g/mol. The van der Waals surface area contributed by atoms with Crippen LogP contribution in [0.5, 0.6) is 0 Å². The molecule has 1 aromatic carbocycles. The van der Waals surface area contributed by atoms with E-state index in [1.54, 1.807) is 6.20 Å². The second-order valence-corrected chi connectivity index (χ2v) is 5.32. The fourth-order valence-electron chi connectivity index (χ4n) is 2.61. The van der Waals surface area contributed by atoms with Gasteiger partial charge in [0.25, 0.3) is 0 Å². The van der Waals surface area contributed by atoms with Crippen molar-refractivity contribution in [2.45, 2.75) is 25.9 Å². The van der Waals surface area contributed by atoms with Crippen molar-refractivity contribution in [2.75, 3.05) is 4.90 Å². The minimum atomic E-state index is -0.0751. The van der Waals surface area contributed by atoms with Crippen LogP contribution >= 0.6 is 11.6 Å². The van der Waals surface area contributed by atoms with Crippen LogP contribution in [0.15, 0.2) is 36.5 Å². The average Bonchev–Trinajstić information content (AvgIpc) is 2.62. The van der Waals surface area contributed by atoms with E-state index in [0.717, 1.165) is 12.4 Å². The Morgan fingerprint density at radius 2 is 2.00 bits per heavy atom. The predicted octanol–water partition coefficient (Wildman–Crippen LogP) is 3.39. The summed E-state index contributed by atoms with van der Waals surface area (Å²) in [7, 11) is 0. The van der Waals surface area contributed by atoms with E-state index >= 15 is 0 Å². The van der Waals surface area contributed by atoms with Crippen molar-refractivity contribution in [3.63, 3.8) is 0 Å². The van der Waals surface area contributed by atoms with Gasteiger partial charge in [0, 0.05) is 12.7 Å². The van der Waals surface area contributed by atoms with Gasteiger partial charge in [-0.1, -0.05) is 24.3 Å². The molecule has 3 rings (SSSR count). The number of fused-ring (bicyclic) bond motifs is 1. The third-order valence-electron chi connectivity index (χ3n) is 3.57. The molecule has 0 spiro atoms. The van der Waals surface area contributed by atoms with Gasteiger partial charge in [0.15, 0.2) is 0 Å². The number of anilines is 1. The first-order valence-corrected chi connectivity index (χ1v) is 6.31. The van der Waals surface area contributed by atoms with Gasteiger partial charge in [0.1, 0.15) is 5.82 Å². The lowest BCUT2D eigenvalue weighted by Crippen LogP contribution is -2.35. The Hall–Kier alpha value is -1.61. The summed E-state index contributed by atoms with van der Waals surface area (Å²) < 4.78 is 0. The van der Waals surface area contributed by atoms with E-state index in [2.05, 4.69) is 53.0 Å². The Balaban J connectivity index is 2.07. The van der Waals surface area contributed by atoms with Crippen LogP contribution < -0.4 is 4.90 Å². The lowest BCUT2D eigenvalue weighted by Gasteiger charge is -2.33. The first-order chi connectivity index (χ1) is 8.59. The Morgan fingerprint density at radius 1 is 1.22 bits per heavy atom. The molecule has 92 valence electrons. The molecule has 1 aliphatic rings. The van der Waals surface area contributed by atoms with Gasteiger partial charge < -0.3 is 4.90 Å². The van der Waals surface area contributed by atoms with Gasteiger partial charge in [-0.25, -0.2) is 9.97 Å². The van der Waals surface area contributed by atoms with Crippen molar-refractivity contribution in [1.29, 1.82) is 0 Å². The predicted molar refractivity (Wildman–Crippen MR) is 72.7 cm³/mol. The van der Waals surface area contributed by atoms with Crippen molar-refractivity contribution in [3.8, 4) is 0 Å². The topological polar surface area (TPSA) is 29.0 Å². The van der Waals surface area contributed by atoms with Gasteiger partial charge in [0.2, 0.25) is 5.28 Å². The summed E-state index contributed by atoms with van der Waals surface area (Å²) in [6, 6.07) is 10.4. The minimum Gasteiger partial charge on any atom is -0.343 e. The molecule has 0 saturated heterocycles. The van der Waals surface area contributed by atoms with Crippen molar-refractivity contribution in [2.24, 2.45) is 0 Å². The smallest absolute Gasteiger partial charge is 0.224 e. The highest BCUT2D eigenvalue weighted by Gasteiger charge is 2.37. The van der Waals surface area contributed by atoms with Crippen molar-refractivity contribution in [1.82, 2.24) is 9.97 Å². The monoisotopic (exact) mass is 259 g/mol. The van der Waals surface area contributed by atoms with Gasteiger partial charge in [0.05, 0.1) is 5.54 Å². The maximum absolute atomic E-state index is 5.88. The zero-order valence-corrected chi connectivity index (χ0v) is 11.1. The number of hydrogen-bond donors (Lipinski definition) is 0. The number of halogens is 1. The van der Waals surface area contributed by atoms with Gasteiger partial charge >= 0.3 is 0 Å². The molecule has 2 heterocycles. The SMILES string of the molecule is CC1(C)c2ccccc2CN1c1ccnc(Cl)n1. The molecule has 0 amide bonds. The third kappa shape index (κ3) is 1.66. The maximum atomic E-state index is 5.88. The van der Waals surface area contributed by atoms with E-state index in [4.69, 9.17) is 11.6 Å². The van der Waals surface area contributed by atoms with E-state index in [9.17, 15) is 0 Å². The van der Waals surface area contributed by atoms with E-state index in [-0.39, 0.29) is 5.54 Å². The van der Waals surface area contributed by atoms with Crippen LogP contribution in [-0.4, -0.2) is 9.97 Å². The Bertz CT molecular complexity index is 595. The van der Waals surface area contributed by atoms with Gasteiger partial charge in [-0.2, -0.15) is 0 Å². The fourth-order valence-corrected chi connectivity index (χ4v) is 2.76. The standard InChI is InChI=1S/C14H14ClN3/c1-14(2)11-6-4-3-5-10(11)9-18(14)12-7-8-16-13(15)17-12/h3-8H,9H2,1-2H3. The second-order valence-electron chi connectivity index (χ2n) is 4.99. The summed E-state index contributed by atoms with van der Waals surface area (Å²) >= 11 is 5.88. The zero-order valence-electron chi connectivity index (χ0n) is 10.4. The first-order valence-electron chi connectivity index (χ1n) is 5.93. The van der Waals surface area contributed by atoms with Crippen LogP contribution in [0.3, 0.4) is 0 Å². The highest BCUT2D eigenvalue weighted by atomic mass is 35.5. The normalized spacial score (nSPS) is 16.7. The van der Waals surface area contributed by atoms with E-state index in [0.29, 0.717) is 5.28 Å². The van der Waals surface area contributed by atoms with Crippen LogP contribution in [0.25, 0.3) is 0 Å². The zero-order chi connectivity index (χ0) is 12.8. The van der Waals surface area contributed by atoms with E-state index in [1.165, 1.54) is 11.1 Å².